The highest BCUT2D eigenvalue weighted by atomic mass is 14.2. The molecule has 0 aliphatic heterocycles. The molecule has 0 amide bonds. The van der Waals surface area contributed by atoms with Crippen molar-refractivity contribution in [1.82, 2.24) is 0 Å². The second kappa shape index (κ2) is 12.1. The molecule has 0 heterocycles. The zero-order chi connectivity index (χ0) is 32.7. The van der Waals surface area contributed by atoms with Crippen LogP contribution in [-0.2, 0) is 0 Å². The van der Waals surface area contributed by atoms with Crippen LogP contribution in [0.15, 0.2) is 188 Å². The van der Waals surface area contributed by atoms with Crippen LogP contribution in [-0.4, -0.2) is 0 Å². The zero-order valence-corrected chi connectivity index (χ0v) is 27.4. The van der Waals surface area contributed by atoms with E-state index in [4.69, 9.17) is 0 Å². The van der Waals surface area contributed by atoms with Crippen molar-refractivity contribution < 1.29 is 0 Å². The van der Waals surface area contributed by atoms with E-state index < -0.39 is 0 Å². The van der Waals surface area contributed by atoms with E-state index in [-0.39, 0.29) is 0 Å². The summed E-state index contributed by atoms with van der Waals surface area (Å²) >= 11 is 0. The van der Waals surface area contributed by atoms with Gasteiger partial charge in [0.15, 0.2) is 0 Å². The first-order chi connectivity index (χ1) is 24.2. The molecule has 0 saturated heterocycles. The molecular formula is C49H34. The summed E-state index contributed by atoms with van der Waals surface area (Å²) in [6.45, 7) is 2.24. The van der Waals surface area contributed by atoms with Gasteiger partial charge in [-0.3, -0.25) is 0 Å². The van der Waals surface area contributed by atoms with Crippen LogP contribution < -0.4 is 0 Å². The zero-order valence-electron chi connectivity index (χ0n) is 27.4. The number of benzene rings is 9. The van der Waals surface area contributed by atoms with Gasteiger partial charge in [0.05, 0.1) is 0 Å². The van der Waals surface area contributed by atoms with Gasteiger partial charge in [-0.25, -0.2) is 0 Å². The lowest BCUT2D eigenvalue weighted by molar-refractivity contribution is 1.46. The first-order valence-electron chi connectivity index (χ1n) is 17.0. The second-order valence-electron chi connectivity index (χ2n) is 13.0. The van der Waals surface area contributed by atoms with Crippen molar-refractivity contribution in [1.29, 1.82) is 0 Å². The number of rotatable bonds is 5. The van der Waals surface area contributed by atoms with Crippen molar-refractivity contribution in [2.24, 2.45) is 0 Å². The number of fused-ring (bicyclic) bond motifs is 6. The summed E-state index contributed by atoms with van der Waals surface area (Å²) in [5, 5.41) is 7.83. The Labute approximate surface area is 287 Å². The van der Waals surface area contributed by atoms with Crippen LogP contribution >= 0.6 is 0 Å². The van der Waals surface area contributed by atoms with Crippen molar-refractivity contribution in [2.75, 3.05) is 0 Å². The monoisotopic (exact) mass is 622 g/mol. The average Bonchev–Trinajstić information content (AvgIpc) is 3.18. The molecule has 0 nitrogen and oxygen atoms in total. The van der Waals surface area contributed by atoms with E-state index in [1.54, 1.807) is 0 Å². The van der Waals surface area contributed by atoms with Gasteiger partial charge in [-0.2, -0.15) is 0 Å². The maximum atomic E-state index is 2.39. The molecule has 0 fully saturated rings. The summed E-state index contributed by atoms with van der Waals surface area (Å²) in [5.74, 6) is 0. The molecular weight excluding hydrogens is 589 g/mol. The Kier molecular flexibility index (Phi) is 7.14. The Morgan fingerprint density at radius 2 is 0.612 bits per heavy atom. The van der Waals surface area contributed by atoms with E-state index >= 15 is 0 Å². The predicted molar refractivity (Wildman–Crippen MR) is 211 cm³/mol. The smallest absolute Gasteiger partial charge is 0.00928 e. The van der Waals surface area contributed by atoms with Crippen LogP contribution in [0.1, 0.15) is 5.56 Å². The lowest BCUT2D eigenvalue weighted by atomic mass is 9.90. The summed E-state index contributed by atoms with van der Waals surface area (Å²) in [7, 11) is 0. The highest BCUT2D eigenvalue weighted by Gasteiger charge is 2.12. The van der Waals surface area contributed by atoms with Gasteiger partial charge in [0.1, 0.15) is 0 Å². The maximum absolute atomic E-state index is 2.39. The topological polar surface area (TPSA) is 0 Å². The summed E-state index contributed by atoms with van der Waals surface area (Å²) in [6.07, 6.45) is 0. The molecule has 9 aromatic rings. The first-order valence-corrected chi connectivity index (χ1v) is 17.0. The maximum Gasteiger partial charge on any atom is -0.00928 e. The van der Waals surface area contributed by atoms with Crippen LogP contribution in [0.2, 0.25) is 0 Å². The minimum absolute atomic E-state index is 1.21. The SMILES string of the molecule is Cc1cc(-c2cccc(-c3cc(-c4ccccc4)cc(-c4ccccc4)c3)c2)ccc1-c1ccc2c3ccccc3c3ccccc3c2c1. The van der Waals surface area contributed by atoms with E-state index in [0.717, 1.165) is 0 Å². The van der Waals surface area contributed by atoms with Crippen molar-refractivity contribution >= 4 is 32.3 Å². The Balaban J connectivity index is 1.11. The van der Waals surface area contributed by atoms with E-state index in [1.165, 1.54) is 93.5 Å². The highest BCUT2D eigenvalue weighted by molar-refractivity contribution is 6.25. The fraction of sp³-hybridized carbons (Fsp3) is 0.0204. The third kappa shape index (κ3) is 5.29. The fourth-order valence-electron chi connectivity index (χ4n) is 7.51. The molecule has 230 valence electrons. The Morgan fingerprint density at radius 3 is 1.16 bits per heavy atom. The van der Waals surface area contributed by atoms with Gasteiger partial charge in [-0.15, -0.1) is 0 Å². The molecule has 0 aromatic heterocycles. The molecule has 0 aliphatic carbocycles. The number of hydrogen-bond acceptors (Lipinski definition) is 0. The van der Waals surface area contributed by atoms with Gasteiger partial charge < -0.3 is 0 Å². The van der Waals surface area contributed by atoms with Gasteiger partial charge >= 0.3 is 0 Å². The highest BCUT2D eigenvalue weighted by Crippen LogP contribution is 2.39. The largest absolute Gasteiger partial charge is 0.0622 e. The molecule has 0 bridgehead atoms. The molecule has 0 radical (unpaired) electrons. The Hall–Kier alpha value is -6.24. The summed E-state index contributed by atoms with van der Waals surface area (Å²) in [6, 6.07) is 68.7. The van der Waals surface area contributed by atoms with E-state index in [2.05, 4.69) is 195 Å². The molecule has 49 heavy (non-hydrogen) atoms. The first kappa shape index (κ1) is 28.9. The molecule has 9 aromatic carbocycles. The standard InChI is InChI=1S/C49H34/c1-33-27-38(23-25-43(33)39-24-26-48-46-21-9-8-19-44(46)45-20-10-11-22-47(45)49(48)32-39)36-17-12-18-37(28-36)42-30-40(34-13-4-2-5-14-34)29-41(31-42)35-15-6-3-7-16-35/h2-32H,1H3. The van der Waals surface area contributed by atoms with Crippen LogP contribution in [0.4, 0.5) is 0 Å². The number of aryl methyl sites for hydroxylation is 1. The van der Waals surface area contributed by atoms with E-state index in [9.17, 15) is 0 Å². The van der Waals surface area contributed by atoms with E-state index in [0.29, 0.717) is 0 Å². The third-order valence-electron chi connectivity index (χ3n) is 9.96. The molecule has 0 saturated carbocycles. The number of hydrogen-bond donors (Lipinski definition) is 0. The average molecular weight is 623 g/mol. The van der Waals surface area contributed by atoms with Crippen LogP contribution in [0.3, 0.4) is 0 Å². The van der Waals surface area contributed by atoms with Gasteiger partial charge in [0, 0.05) is 0 Å². The quantitative estimate of drug-likeness (QED) is 0.168. The van der Waals surface area contributed by atoms with Gasteiger partial charge in [0.2, 0.25) is 0 Å². The Morgan fingerprint density at radius 1 is 0.224 bits per heavy atom. The molecule has 0 aliphatic rings. The molecule has 0 unspecified atom stereocenters. The second-order valence-corrected chi connectivity index (χ2v) is 13.0. The Bertz CT molecular complexity index is 2550. The van der Waals surface area contributed by atoms with Gasteiger partial charge in [-0.05, 0) is 131 Å². The fourth-order valence-corrected chi connectivity index (χ4v) is 7.51. The van der Waals surface area contributed by atoms with Crippen LogP contribution in [0, 0.1) is 6.92 Å². The van der Waals surface area contributed by atoms with Crippen molar-refractivity contribution in [2.45, 2.75) is 6.92 Å². The van der Waals surface area contributed by atoms with Crippen molar-refractivity contribution in [3.05, 3.63) is 194 Å². The van der Waals surface area contributed by atoms with Gasteiger partial charge in [0.25, 0.3) is 0 Å². The van der Waals surface area contributed by atoms with Gasteiger partial charge in [-0.1, -0.05) is 158 Å². The minimum Gasteiger partial charge on any atom is -0.0622 e. The summed E-state index contributed by atoms with van der Waals surface area (Å²) < 4.78 is 0. The normalized spacial score (nSPS) is 11.4. The summed E-state index contributed by atoms with van der Waals surface area (Å²) in [5.41, 5.74) is 13.5. The minimum atomic E-state index is 1.21. The predicted octanol–water partition coefficient (Wildman–Crippen LogP) is 13.8. The summed E-state index contributed by atoms with van der Waals surface area (Å²) in [4.78, 5) is 0. The van der Waals surface area contributed by atoms with Crippen LogP contribution in [0.25, 0.3) is 88.0 Å². The molecule has 0 heteroatoms. The molecule has 0 spiro atoms. The molecule has 0 N–H and O–H groups in total. The van der Waals surface area contributed by atoms with Crippen LogP contribution in [0.5, 0.6) is 0 Å². The van der Waals surface area contributed by atoms with Crippen molar-refractivity contribution in [3.8, 4) is 55.6 Å². The van der Waals surface area contributed by atoms with Crippen molar-refractivity contribution in [3.63, 3.8) is 0 Å². The third-order valence-corrected chi connectivity index (χ3v) is 9.96. The molecule has 9 rings (SSSR count). The lowest BCUT2D eigenvalue weighted by Crippen LogP contribution is -1.89. The molecule has 0 atom stereocenters. The van der Waals surface area contributed by atoms with E-state index in [1.807, 2.05) is 0 Å². The lowest BCUT2D eigenvalue weighted by Gasteiger charge is -2.14.